The summed E-state index contributed by atoms with van der Waals surface area (Å²) in [4.78, 5) is 0. The van der Waals surface area contributed by atoms with Crippen LogP contribution in [-0.2, 0) is 13.9 Å². The van der Waals surface area contributed by atoms with Crippen LogP contribution in [0.2, 0.25) is 18.1 Å². The summed E-state index contributed by atoms with van der Waals surface area (Å²) in [7, 11) is -1.67. The largest absolute Gasteiger partial charge is 0.543 e. The van der Waals surface area contributed by atoms with Gasteiger partial charge >= 0.3 is 0 Å². The average molecular weight is 284 g/mol. The maximum atomic E-state index is 6.41. The van der Waals surface area contributed by atoms with Crippen LogP contribution >= 0.6 is 0 Å². The summed E-state index contributed by atoms with van der Waals surface area (Å²) in [5.41, 5.74) is 0. The lowest BCUT2D eigenvalue weighted by molar-refractivity contribution is -0.208. The lowest BCUT2D eigenvalue weighted by Gasteiger charge is -2.38. The molecule has 1 aliphatic heterocycles. The molecule has 0 saturated carbocycles. The van der Waals surface area contributed by atoms with Crippen LogP contribution in [0.3, 0.4) is 0 Å². The summed E-state index contributed by atoms with van der Waals surface area (Å²) < 4.78 is 18.0. The zero-order valence-electron chi connectivity index (χ0n) is 13.0. The van der Waals surface area contributed by atoms with E-state index in [2.05, 4.69) is 27.4 Å². The van der Waals surface area contributed by atoms with Gasteiger partial charge in [0, 0.05) is 20.3 Å². The molecule has 0 aromatic heterocycles. The van der Waals surface area contributed by atoms with E-state index in [-0.39, 0.29) is 0 Å². The normalized spacial score (nSPS) is 19.0. The molecule has 19 heavy (non-hydrogen) atoms. The van der Waals surface area contributed by atoms with Gasteiger partial charge < -0.3 is 13.9 Å². The van der Waals surface area contributed by atoms with Crippen molar-refractivity contribution >= 4 is 8.32 Å². The standard InChI is InChI=1S/C15H28O3Si/c1-7-11-13-14(12-16-15(5,6)17-13)18-19(8-2,9-3)10-4/h7H,1,8-12H2,2-6H3. The van der Waals surface area contributed by atoms with Crippen LogP contribution in [0.4, 0.5) is 0 Å². The Bertz CT molecular complexity index is 335. The second-order valence-corrected chi connectivity index (χ2v) is 10.2. The highest BCUT2D eigenvalue weighted by Gasteiger charge is 2.36. The van der Waals surface area contributed by atoms with Crippen molar-refractivity contribution in [2.45, 2.75) is 65.0 Å². The Morgan fingerprint density at radius 2 is 1.84 bits per heavy atom. The number of ether oxygens (including phenoxy) is 2. The van der Waals surface area contributed by atoms with Crippen molar-refractivity contribution in [1.82, 2.24) is 0 Å². The summed E-state index contributed by atoms with van der Waals surface area (Å²) in [6, 6.07) is 3.36. The molecule has 0 atom stereocenters. The molecule has 0 saturated heterocycles. The Balaban J connectivity index is 2.96. The quantitative estimate of drug-likeness (QED) is 0.506. The van der Waals surface area contributed by atoms with Crippen LogP contribution in [0, 0.1) is 0 Å². The molecule has 1 heterocycles. The fraction of sp³-hybridized carbons (Fsp3) is 0.733. The first-order valence-electron chi connectivity index (χ1n) is 7.26. The van der Waals surface area contributed by atoms with E-state index < -0.39 is 14.1 Å². The van der Waals surface area contributed by atoms with Gasteiger partial charge in [-0.05, 0) is 18.1 Å². The zero-order valence-corrected chi connectivity index (χ0v) is 14.0. The van der Waals surface area contributed by atoms with Crippen LogP contribution in [0.1, 0.15) is 41.0 Å². The molecule has 0 bridgehead atoms. The first kappa shape index (κ1) is 16.3. The summed E-state index contributed by atoms with van der Waals surface area (Å²) in [6.45, 7) is 14.8. The number of allylic oxidation sites excluding steroid dienone is 1. The summed E-state index contributed by atoms with van der Waals surface area (Å²) in [5, 5.41) is 0. The molecular formula is C15H28O3Si. The van der Waals surface area contributed by atoms with Gasteiger partial charge in [-0.15, -0.1) is 6.58 Å². The molecule has 0 aliphatic carbocycles. The molecule has 0 amide bonds. The van der Waals surface area contributed by atoms with Gasteiger partial charge in [-0.2, -0.15) is 0 Å². The number of hydrogen-bond donors (Lipinski definition) is 0. The topological polar surface area (TPSA) is 27.7 Å². The van der Waals surface area contributed by atoms with Gasteiger partial charge in [-0.3, -0.25) is 0 Å². The predicted octanol–water partition coefficient (Wildman–Crippen LogP) is 4.58. The summed E-state index contributed by atoms with van der Waals surface area (Å²) in [5.74, 6) is 1.20. The Hall–Kier alpha value is -0.743. The van der Waals surface area contributed by atoms with E-state index in [1.807, 2.05) is 19.9 Å². The van der Waals surface area contributed by atoms with Crippen molar-refractivity contribution in [3.63, 3.8) is 0 Å². The molecule has 1 rings (SSSR count). The fourth-order valence-electron chi connectivity index (χ4n) is 2.30. The van der Waals surface area contributed by atoms with Crippen molar-refractivity contribution in [3.8, 4) is 0 Å². The molecule has 0 N–H and O–H groups in total. The SMILES string of the molecule is C=CCC1=C(O[Si](CC)(CC)CC)COC(C)(C)O1. The molecule has 0 radical (unpaired) electrons. The van der Waals surface area contributed by atoms with Crippen LogP contribution in [0.5, 0.6) is 0 Å². The summed E-state index contributed by atoms with van der Waals surface area (Å²) >= 11 is 0. The zero-order chi connectivity index (χ0) is 14.5. The van der Waals surface area contributed by atoms with Crippen molar-refractivity contribution < 1.29 is 13.9 Å². The van der Waals surface area contributed by atoms with Gasteiger partial charge in [0.1, 0.15) is 18.1 Å². The highest BCUT2D eigenvalue weighted by molar-refractivity contribution is 6.73. The second kappa shape index (κ2) is 6.62. The molecule has 110 valence electrons. The molecule has 1 aliphatic rings. The number of hydrogen-bond acceptors (Lipinski definition) is 3. The van der Waals surface area contributed by atoms with Crippen LogP contribution in [-0.4, -0.2) is 20.7 Å². The van der Waals surface area contributed by atoms with Gasteiger partial charge in [-0.1, -0.05) is 26.8 Å². The first-order chi connectivity index (χ1) is 8.92. The van der Waals surface area contributed by atoms with E-state index >= 15 is 0 Å². The van der Waals surface area contributed by atoms with E-state index in [4.69, 9.17) is 13.9 Å². The number of rotatable bonds is 7. The van der Waals surface area contributed by atoms with E-state index in [1.54, 1.807) is 0 Å². The van der Waals surface area contributed by atoms with Crippen LogP contribution in [0.25, 0.3) is 0 Å². The third-order valence-corrected chi connectivity index (χ3v) is 8.38. The lowest BCUT2D eigenvalue weighted by atomic mass is 10.2. The minimum absolute atomic E-state index is 0.505. The second-order valence-electron chi connectivity index (χ2n) is 5.48. The Morgan fingerprint density at radius 3 is 2.32 bits per heavy atom. The maximum absolute atomic E-state index is 6.41. The maximum Gasteiger partial charge on any atom is 0.250 e. The predicted molar refractivity (Wildman–Crippen MR) is 81.2 cm³/mol. The summed E-state index contributed by atoms with van der Waals surface area (Å²) in [6.07, 6.45) is 2.55. The van der Waals surface area contributed by atoms with E-state index in [0.717, 1.165) is 29.7 Å². The van der Waals surface area contributed by atoms with Gasteiger partial charge in [0.05, 0.1) is 0 Å². The third-order valence-electron chi connectivity index (χ3n) is 3.83. The molecule has 0 spiro atoms. The minimum Gasteiger partial charge on any atom is -0.543 e. The Morgan fingerprint density at radius 1 is 1.26 bits per heavy atom. The van der Waals surface area contributed by atoms with Crippen molar-refractivity contribution in [2.24, 2.45) is 0 Å². The van der Waals surface area contributed by atoms with E-state index in [1.165, 1.54) is 0 Å². The Kier molecular flexibility index (Phi) is 5.68. The molecule has 0 aromatic carbocycles. The van der Waals surface area contributed by atoms with E-state index in [9.17, 15) is 0 Å². The van der Waals surface area contributed by atoms with Crippen LogP contribution < -0.4 is 0 Å². The fourth-order valence-corrected chi connectivity index (χ4v) is 4.93. The van der Waals surface area contributed by atoms with Crippen molar-refractivity contribution in [1.29, 1.82) is 0 Å². The van der Waals surface area contributed by atoms with Gasteiger partial charge in [0.25, 0.3) is 0 Å². The monoisotopic (exact) mass is 284 g/mol. The Labute approximate surface area is 118 Å². The average Bonchev–Trinajstić information content (AvgIpc) is 2.38. The third kappa shape index (κ3) is 4.11. The highest BCUT2D eigenvalue weighted by Crippen LogP contribution is 2.32. The highest BCUT2D eigenvalue weighted by atomic mass is 28.4. The van der Waals surface area contributed by atoms with Gasteiger partial charge in [0.15, 0.2) is 0 Å². The first-order valence-corrected chi connectivity index (χ1v) is 9.79. The van der Waals surface area contributed by atoms with Crippen molar-refractivity contribution in [3.05, 3.63) is 24.2 Å². The lowest BCUT2D eigenvalue weighted by Crippen LogP contribution is -2.40. The molecule has 4 heteroatoms. The van der Waals surface area contributed by atoms with Crippen LogP contribution in [0.15, 0.2) is 24.2 Å². The van der Waals surface area contributed by atoms with Gasteiger partial charge in [-0.25, -0.2) is 0 Å². The molecular weight excluding hydrogens is 256 g/mol. The van der Waals surface area contributed by atoms with Crippen molar-refractivity contribution in [2.75, 3.05) is 6.61 Å². The molecule has 3 nitrogen and oxygen atoms in total. The minimum atomic E-state index is -1.67. The molecule has 0 fully saturated rings. The smallest absolute Gasteiger partial charge is 0.250 e. The molecule has 0 unspecified atom stereocenters. The molecule has 0 aromatic rings. The van der Waals surface area contributed by atoms with E-state index in [0.29, 0.717) is 13.0 Å². The van der Waals surface area contributed by atoms with Gasteiger partial charge in [0.2, 0.25) is 14.1 Å².